The summed E-state index contributed by atoms with van der Waals surface area (Å²) in [6.45, 7) is 8.09. The molecule has 0 fully saturated rings. The standard InChI is InChI=1S/C28H33N3S/c1-5-8-9-17-30(4)19-13-14-20-21-11-10-12-23-24(21)31-25(22(20)18-19)29-32-26(31)28(7-3)16-15-27(23,28)6-2/h10-16,18,26H,5-9,17H2,1-4H3. The van der Waals surface area contributed by atoms with Crippen LogP contribution in [0.3, 0.4) is 0 Å². The molecule has 3 atom stereocenters. The number of hydrogen-bond acceptors (Lipinski definition) is 4. The number of para-hydroxylation sites is 1. The van der Waals surface area contributed by atoms with E-state index in [1.165, 1.54) is 52.9 Å². The van der Waals surface area contributed by atoms with Crippen LogP contribution in [0.15, 0.2) is 52.9 Å². The molecule has 0 bridgehead atoms. The Balaban J connectivity index is 1.52. The Labute approximate surface area is 196 Å². The monoisotopic (exact) mass is 443 g/mol. The minimum Gasteiger partial charge on any atom is -0.375 e. The van der Waals surface area contributed by atoms with Crippen LogP contribution in [0.2, 0.25) is 0 Å². The van der Waals surface area contributed by atoms with E-state index in [4.69, 9.17) is 4.40 Å². The first-order valence-corrected chi connectivity index (χ1v) is 13.2. The van der Waals surface area contributed by atoms with Gasteiger partial charge in [0, 0.05) is 53.2 Å². The predicted molar refractivity (Wildman–Crippen MR) is 139 cm³/mol. The topological polar surface area (TPSA) is 18.8 Å². The molecule has 2 aromatic carbocycles. The van der Waals surface area contributed by atoms with Crippen LogP contribution in [0.1, 0.15) is 64.0 Å². The second-order valence-corrected chi connectivity index (χ2v) is 10.7. The van der Waals surface area contributed by atoms with Crippen molar-refractivity contribution in [1.82, 2.24) is 0 Å². The predicted octanol–water partition coefficient (Wildman–Crippen LogP) is 7.16. The van der Waals surface area contributed by atoms with Gasteiger partial charge in [-0.15, -0.1) is 0 Å². The van der Waals surface area contributed by atoms with Crippen molar-refractivity contribution in [2.75, 3.05) is 23.4 Å². The van der Waals surface area contributed by atoms with Crippen molar-refractivity contribution in [2.24, 2.45) is 9.81 Å². The van der Waals surface area contributed by atoms with E-state index in [9.17, 15) is 0 Å². The minimum absolute atomic E-state index is 0.128. The fraction of sp³-hybridized carbons (Fsp3) is 0.464. The van der Waals surface area contributed by atoms with E-state index in [1.54, 1.807) is 11.9 Å². The van der Waals surface area contributed by atoms with Crippen LogP contribution in [0, 0.1) is 5.41 Å². The molecule has 3 nitrogen and oxygen atoms in total. The van der Waals surface area contributed by atoms with Gasteiger partial charge in [0.25, 0.3) is 0 Å². The molecule has 0 N–H and O–H groups in total. The van der Waals surface area contributed by atoms with Gasteiger partial charge in [-0.25, -0.2) is 0 Å². The Morgan fingerprint density at radius 1 is 1.00 bits per heavy atom. The van der Waals surface area contributed by atoms with E-state index in [1.807, 2.05) is 0 Å². The second-order valence-electron chi connectivity index (χ2n) is 9.86. The van der Waals surface area contributed by atoms with Gasteiger partial charge in [0.1, 0.15) is 11.2 Å². The average molecular weight is 444 g/mol. The molecule has 0 spiro atoms. The molecule has 3 unspecified atom stereocenters. The lowest BCUT2D eigenvalue weighted by Gasteiger charge is -2.63. The van der Waals surface area contributed by atoms with E-state index in [0.29, 0.717) is 5.37 Å². The van der Waals surface area contributed by atoms with Crippen LogP contribution in [0.25, 0.3) is 11.1 Å². The molecule has 0 radical (unpaired) electrons. The Morgan fingerprint density at radius 3 is 2.59 bits per heavy atom. The van der Waals surface area contributed by atoms with Crippen LogP contribution in [-0.4, -0.2) is 24.8 Å². The summed E-state index contributed by atoms with van der Waals surface area (Å²) in [4.78, 5) is 5.00. The summed E-state index contributed by atoms with van der Waals surface area (Å²) in [5.41, 5.74) is 8.49. The van der Waals surface area contributed by atoms with Gasteiger partial charge < -0.3 is 9.80 Å². The summed E-state index contributed by atoms with van der Waals surface area (Å²) in [6, 6.07) is 14.0. The zero-order valence-corrected chi connectivity index (χ0v) is 20.5. The molecule has 2 aromatic rings. The van der Waals surface area contributed by atoms with Gasteiger partial charge >= 0.3 is 0 Å². The van der Waals surface area contributed by atoms with E-state index < -0.39 is 0 Å². The lowest BCUT2D eigenvalue weighted by atomic mass is 9.48. The molecule has 0 saturated heterocycles. The maximum absolute atomic E-state index is 5.14. The maximum Gasteiger partial charge on any atom is 0.150 e. The fourth-order valence-electron chi connectivity index (χ4n) is 6.71. The summed E-state index contributed by atoms with van der Waals surface area (Å²) in [6.07, 6.45) is 11.1. The van der Waals surface area contributed by atoms with Crippen LogP contribution in [0.5, 0.6) is 0 Å². The maximum atomic E-state index is 5.14. The molecule has 6 rings (SSSR count). The third-order valence-electron chi connectivity index (χ3n) is 8.61. The summed E-state index contributed by atoms with van der Waals surface area (Å²) in [5, 5.41) is 0.347. The Bertz CT molecular complexity index is 1150. The highest BCUT2D eigenvalue weighted by Gasteiger charge is 2.65. The zero-order chi connectivity index (χ0) is 22.1. The van der Waals surface area contributed by atoms with E-state index >= 15 is 0 Å². The SMILES string of the molecule is CCCCCN(C)c1ccc2c(c1)C1=NSC3N1c1c-2cccc1C1(CC)C=CC31CC. The average Bonchev–Trinajstić information content (AvgIpc) is 3.25. The van der Waals surface area contributed by atoms with Crippen LogP contribution in [0.4, 0.5) is 11.4 Å². The highest BCUT2D eigenvalue weighted by molar-refractivity contribution is 7.99. The van der Waals surface area contributed by atoms with Crippen molar-refractivity contribution in [1.29, 1.82) is 0 Å². The van der Waals surface area contributed by atoms with Gasteiger partial charge in [-0.3, -0.25) is 0 Å². The van der Waals surface area contributed by atoms with Gasteiger partial charge in [0.15, 0.2) is 0 Å². The Morgan fingerprint density at radius 2 is 1.88 bits per heavy atom. The van der Waals surface area contributed by atoms with E-state index in [2.05, 4.69) is 86.2 Å². The minimum atomic E-state index is 0.128. The van der Waals surface area contributed by atoms with Crippen molar-refractivity contribution in [3.63, 3.8) is 0 Å². The number of hydrogen-bond donors (Lipinski definition) is 0. The van der Waals surface area contributed by atoms with Gasteiger partial charge in [0.2, 0.25) is 0 Å². The smallest absolute Gasteiger partial charge is 0.150 e. The molecule has 0 amide bonds. The Kier molecular flexibility index (Phi) is 4.56. The molecule has 166 valence electrons. The number of nitrogens with zero attached hydrogens (tertiary/aromatic N) is 3. The molecule has 3 heterocycles. The Hall–Kier alpha value is -2.20. The molecular weight excluding hydrogens is 410 g/mol. The highest BCUT2D eigenvalue weighted by atomic mass is 32.2. The van der Waals surface area contributed by atoms with Crippen LogP contribution < -0.4 is 9.80 Å². The normalized spacial score (nSPS) is 27.9. The number of unbranched alkanes of at least 4 members (excludes halogenated alkanes) is 2. The molecule has 0 aromatic heterocycles. The number of allylic oxidation sites excluding steroid dienone is 1. The van der Waals surface area contributed by atoms with E-state index in [0.717, 1.165) is 25.2 Å². The molecular formula is C28H33N3S. The summed E-state index contributed by atoms with van der Waals surface area (Å²) >= 11 is 1.80. The van der Waals surface area contributed by atoms with Gasteiger partial charge in [-0.05, 0) is 42.5 Å². The number of benzene rings is 2. The second kappa shape index (κ2) is 7.15. The summed E-state index contributed by atoms with van der Waals surface area (Å²) in [5.74, 6) is 1.16. The van der Waals surface area contributed by atoms with Crippen molar-refractivity contribution < 1.29 is 0 Å². The van der Waals surface area contributed by atoms with Crippen LogP contribution >= 0.6 is 11.9 Å². The summed E-state index contributed by atoms with van der Waals surface area (Å²) in [7, 11) is 2.22. The van der Waals surface area contributed by atoms with Gasteiger partial charge in [0.05, 0.1) is 5.69 Å². The molecule has 4 aliphatic rings. The molecule has 0 saturated carbocycles. The van der Waals surface area contributed by atoms with Crippen molar-refractivity contribution >= 4 is 29.2 Å². The molecule has 1 aliphatic carbocycles. The largest absolute Gasteiger partial charge is 0.375 e. The number of anilines is 2. The van der Waals surface area contributed by atoms with Crippen molar-refractivity contribution in [2.45, 2.75) is 63.7 Å². The first-order valence-electron chi connectivity index (χ1n) is 12.3. The zero-order valence-electron chi connectivity index (χ0n) is 19.7. The van der Waals surface area contributed by atoms with Crippen LogP contribution in [-0.2, 0) is 5.41 Å². The third-order valence-corrected chi connectivity index (χ3v) is 9.72. The molecule has 3 aliphatic heterocycles. The van der Waals surface area contributed by atoms with Gasteiger partial charge in [-0.1, -0.05) is 70.0 Å². The molecule has 4 heteroatoms. The highest BCUT2D eigenvalue weighted by Crippen LogP contribution is 2.69. The lowest BCUT2D eigenvalue weighted by molar-refractivity contribution is 0.156. The lowest BCUT2D eigenvalue weighted by Crippen LogP contribution is -2.63. The van der Waals surface area contributed by atoms with Gasteiger partial charge in [-0.2, -0.15) is 4.40 Å². The summed E-state index contributed by atoms with van der Waals surface area (Å²) < 4.78 is 5.14. The van der Waals surface area contributed by atoms with E-state index in [-0.39, 0.29) is 10.8 Å². The molecule has 32 heavy (non-hydrogen) atoms. The fourth-order valence-corrected chi connectivity index (χ4v) is 8.04. The van der Waals surface area contributed by atoms with Crippen molar-refractivity contribution in [3.05, 3.63) is 59.7 Å². The quantitative estimate of drug-likeness (QED) is 0.257. The number of rotatable bonds is 7. The first kappa shape index (κ1) is 20.4. The third kappa shape index (κ3) is 2.32. The number of fused-ring (bicyclic) bond motifs is 6. The first-order chi connectivity index (χ1) is 15.6. The van der Waals surface area contributed by atoms with Crippen molar-refractivity contribution in [3.8, 4) is 11.1 Å². The number of amidine groups is 1.